The minimum Gasteiger partial charge on any atom is -0.479 e. The van der Waals surface area contributed by atoms with Gasteiger partial charge in [0.1, 0.15) is 6.61 Å². The van der Waals surface area contributed by atoms with Crippen molar-refractivity contribution in [1.82, 2.24) is 0 Å². The fourth-order valence-corrected chi connectivity index (χ4v) is 3.67. The van der Waals surface area contributed by atoms with Gasteiger partial charge in [0.05, 0.1) is 0 Å². The summed E-state index contributed by atoms with van der Waals surface area (Å²) in [7, 11) is 0. The van der Waals surface area contributed by atoms with Crippen molar-refractivity contribution in [2.75, 3.05) is 11.9 Å². The molecule has 1 atom stereocenters. The number of aliphatic carboxylic acids is 1. The second kappa shape index (κ2) is 8.47. The number of nitrogens with one attached hydrogen (secondary N) is 1. The fourth-order valence-electron chi connectivity index (χ4n) is 3.67. The molecule has 0 spiro atoms. The molecule has 0 aliphatic heterocycles. The van der Waals surface area contributed by atoms with E-state index in [1.807, 2.05) is 48.5 Å². The lowest BCUT2D eigenvalue weighted by Crippen LogP contribution is -2.23. The first-order chi connectivity index (χ1) is 14.9. The van der Waals surface area contributed by atoms with E-state index in [4.69, 9.17) is 14.6 Å². The first kappa shape index (κ1) is 20.4. The average Bonchev–Trinajstić information content (AvgIpc) is 3.08. The van der Waals surface area contributed by atoms with Crippen molar-refractivity contribution in [3.05, 3.63) is 83.7 Å². The second-order valence-electron chi connectivity index (χ2n) is 7.19. The minimum absolute atomic E-state index is 0.0804. The van der Waals surface area contributed by atoms with E-state index in [0.717, 1.165) is 28.3 Å². The Hall–Kier alpha value is -3.87. The molecule has 1 amide bonds. The summed E-state index contributed by atoms with van der Waals surface area (Å²) >= 11 is 0. The molecule has 1 unspecified atom stereocenters. The summed E-state index contributed by atoms with van der Waals surface area (Å²) in [4.78, 5) is 23.1. The maximum Gasteiger partial charge on any atom is 0.411 e. The number of carbonyl (C=O) groups excluding carboxylic acids is 1. The molecule has 0 heterocycles. The number of hydrogen-bond donors (Lipinski definition) is 2. The summed E-state index contributed by atoms with van der Waals surface area (Å²) in [6.07, 6.45) is -1.91. The maximum absolute atomic E-state index is 14.2. The summed E-state index contributed by atoms with van der Waals surface area (Å²) in [6, 6.07) is 19.7. The number of amides is 1. The van der Waals surface area contributed by atoms with Gasteiger partial charge in [0.2, 0.25) is 0 Å². The van der Waals surface area contributed by atoms with Crippen LogP contribution >= 0.6 is 0 Å². The zero-order valence-corrected chi connectivity index (χ0v) is 16.7. The molecular weight excluding hydrogens is 401 g/mol. The molecule has 0 radical (unpaired) electrons. The van der Waals surface area contributed by atoms with E-state index >= 15 is 0 Å². The molecule has 0 bridgehead atoms. The molecule has 6 nitrogen and oxygen atoms in total. The van der Waals surface area contributed by atoms with Gasteiger partial charge < -0.3 is 14.6 Å². The lowest BCUT2D eigenvalue weighted by Gasteiger charge is -2.15. The fraction of sp³-hybridized carbons (Fsp3) is 0.167. The standard InChI is InChI=1S/C24H20FNO5/c1-14(23(27)28)31-22-11-10-15(12-21(22)25)26-24(29)30-13-20-18-8-4-2-6-16(18)17-7-3-5-9-19(17)20/h2-12,14,20H,13H2,1H3,(H,26,29)(H,27,28). The molecule has 0 aromatic heterocycles. The Morgan fingerprint density at radius 3 is 2.23 bits per heavy atom. The van der Waals surface area contributed by atoms with Crippen LogP contribution < -0.4 is 10.1 Å². The monoisotopic (exact) mass is 421 g/mol. The molecule has 7 heteroatoms. The Morgan fingerprint density at radius 2 is 1.65 bits per heavy atom. The number of hydrogen-bond acceptors (Lipinski definition) is 4. The highest BCUT2D eigenvalue weighted by atomic mass is 19.1. The molecule has 0 saturated carbocycles. The van der Waals surface area contributed by atoms with Crippen LogP contribution in [0.1, 0.15) is 24.0 Å². The van der Waals surface area contributed by atoms with Crippen LogP contribution in [0.5, 0.6) is 5.75 Å². The highest BCUT2D eigenvalue weighted by molar-refractivity contribution is 5.85. The van der Waals surface area contributed by atoms with Crippen molar-refractivity contribution < 1.29 is 28.6 Å². The topological polar surface area (TPSA) is 84.9 Å². The van der Waals surface area contributed by atoms with Crippen molar-refractivity contribution >= 4 is 17.7 Å². The normalized spacial score (nSPS) is 13.1. The number of carboxylic acid groups (broad SMARTS) is 1. The number of halogens is 1. The SMILES string of the molecule is CC(Oc1ccc(NC(=O)OCC2c3ccccc3-c3ccccc32)cc1F)C(=O)O. The van der Waals surface area contributed by atoms with E-state index in [-0.39, 0.29) is 24.0 Å². The van der Waals surface area contributed by atoms with Crippen LogP contribution in [0.4, 0.5) is 14.9 Å². The Bertz CT molecular complexity index is 1100. The molecule has 1 aliphatic carbocycles. The van der Waals surface area contributed by atoms with Crippen molar-refractivity contribution in [1.29, 1.82) is 0 Å². The molecule has 158 valence electrons. The molecule has 0 saturated heterocycles. The van der Waals surface area contributed by atoms with E-state index in [1.54, 1.807) is 0 Å². The van der Waals surface area contributed by atoms with E-state index in [1.165, 1.54) is 19.1 Å². The zero-order valence-electron chi connectivity index (χ0n) is 16.7. The third kappa shape index (κ3) is 4.21. The molecule has 2 N–H and O–H groups in total. The smallest absolute Gasteiger partial charge is 0.411 e. The Labute approximate surface area is 178 Å². The van der Waals surface area contributed by atoms with E-state index in [2.05, 4.69) is 5.32 Å². The van der Waals surface area contributed by atoms with Gasteiger partial charge in [0.25, 0.3) is 0 Å². The van der Waals surface area contributed by atoms with Gasteiger partial charge in [-0.1, -0.05) is 48.5 Å². The van der Waals surface area contributed by atoms with Gasteiger partial charge in [-0.3, -0.25) is 5.32 Å². The van der Waals surface area contributed by atoms with E-state index < -0.39 is 24.0 Å². The van der Waals surface area contributed by atoms with E-state index in [0.29, 0.717) is 0 Å². The van der Waals surface area contributed by atoms with Gasteiger partial charge >= 0.3 is 12.1 Å². The van der Waals surface area contributed by atoms with Crippen LogP contribution in [0.15, 0.2) is 66.7 Å². The second-order valence-corrected chi connectivity index (χ2v) is 7.19. The first-order valence-corrected chi connectivity index (χ1v) is 9.75. The number of ether oxygens (including phenoxy) is 2. The van der Waals surface area contributed by atoms with Gasteiger partial charge in [-0.15, -0.1) is 0 Å². The predicted molar refractivity (Wildman–Crippen MR) is 113 cm³/mol. The highest BCUT2D eigenvalue weighted by Crippen LogP contribution is 2.44. The summed E-state index contributed by atoms with van der Waals surface area (Å²) in [5.41, 5.74) is 4.61. The third-order valence-corrected chi connectivity index (χ3v) is 5.17. The van der Waals surface area contributed by atoms with Gasteiger partial charge in [-0.25, -0.2) is 14.0 Å². The van der Waals surface area contributed by atoms with Crippen LogP contribution in [0.3, 0.4) is 0 Å². The average molecular weight is 421 g/mol. The van der Waals surface area contributed by atoms with Crippen molar-refractivity contribution in [2.24, 2.45) is 0 Å². The molecule has 31 heavy (non-hydrogen) atoms. The van der Waals surface area contributed by atoms with Gasteiger partial charge in [0, 0.05) is 17.7 Å². The maximum atomic E-state index is 14.2. The molecule has 4 rings (SSSR count). The van der Waals surface area contributed by atoms with Crippen LogP contribution in [0, 0.1) is 5.82 Å². The molecular formula is C24H20FNO5. The van der Waals surface area contributed by atoms with Crippen molar-refractivity contribution in [3.8, 4) is 16.9 Å². The Balaban J connectivity index is 1.41. The van der Waals surface area contributed by atoms with Crippen LogP contribution in [0.2, 0.25) is 0 Å². The lowest BCUT2D eigenvalue weighted by atomic mass is 9.98. The van der Waals surface area contributed by atoms with Crippen molar-refractivity contribution in [3.63, 3.8) is 0 Å². The summed E-state index contributed by atoms with van der Waals surface area (Å²) in [5, 5.41) is 11.3. The molecule has 3 aromatic rings. The Kier molecular flexibility index (Phi) is 5.58. The van der Waals surface area contributed by atoms with Crippen LogP contribution in [-0.2, 0) is 9.53 Å². The lowest BCUT2D eigenvalue weighted by molar-refractivity contribution is -0.144. The number of fused-ring (bicyclic) bond motifs is 3. The molecule has 1 aliphatic rings. The summed E-state index contributed by atoms with van der Waals surface area (Å²) < 4.78 is 24.6. The molecule has 0 fully saturated rings. The number of carbonyl (C=O) groups is 2. The summed E-state index contributed by atoms with van der Waals surface area (Å²) in [6.45, 7) is 1.43. The predicted octanol–water partition coefficient (Wildman–Crippen LogP) is 5.04. The van der Waals surface area contributed by atoms with Gasteiger partial charge in [0.15, 0.2) is 17.7 Å². The number of rotatable bonds is 6. The number of anilines is 1. The first-order valence-electron chi connectivity index (χ1n) is 9.75. The van der Waals surface area contributed by atoms with Gasteiger partial charge in [-0.05, 0) is 41.3 Å². The van der Waals surface area contributed by atoms with Crippen LogP contribution in [-0.4, -0.2) is 29.9 Å². The highest BCUT2D eigenvalue weighted by Gasteiger charge is 2.29. The van der Waals surface area contributed by atoms with Crippen molar-refractivity contribution in [2.45, 2.75) is 18.9 Å². The largest absolute Gasteiger partial charge is 0.479 e. The summed E-state index contributed by atoms with van der Waals surface area (Å²) in [5.74, 6) is -2.29. The Morgan fingerprint density at radius 1 is 1.03 bits per heavy atom. The van der Waals surface area contributed by atoms with Gasteiger partial charge in [-0.2, -0.15) is 0 Å². The number of benzene rings is 3. The van der Waals surface area contributed by atoms with E-state index in [9.17, 15) is 14.0 Å². The van der Waals surface area contributed by atoms with Crippen LogP contribution in [0.25, 0.3) is 11.1 Å². The number of carboxylic acids is 1. The third-order valence-electron chi connectivity index (χ3n) is 5.17. The molecule has 3 aromatic carbocycles. The zero-order chi connectivity index (χ0) is 22.0. The minimum atomic E-state index is -1.21. The quantitative estimate of drug-likeness (QED) is 0.583.